The van der Waals surface area contributed by atoms with Gasteiger partial charge in [0.25, 0.3) is 0 Å². The van der Waals surface area contributed by atoms with Gasteiger partial charge in [-0.25, -0.2) is 0 Å². The molecule has 1 saturated heterocycles. The van der Waals surface area contributed by atoms with E-state index in [0.29, 0.717) is 17.3 Å². The highest BCUT2D eigenvalue weighted by Gasteiger charge is 2.17. The summed E-state index contributed by atoms with van der Waals surface area (Å²) in [6, 6.07) is 0. The van der Waals surface area contributed by atoms with Gasteiger partial charge in [-0.1, -0.05) is 19.1 Å². The second-order valence-corrected chi connectivity index (χ2v) is 4.29. The highest BCUT2D eigenvalue weighted by atomic mass is 32.1. The molecule has 3 nitrogen and oxygen atoms in total. The maximum atomic E-state index is 5.74. The van der Waals surface area contributed by atoms with Crippen LogP contribution in [0.3, 0.4) is 0 Å². The second kappa shape index (κ2) is 6.32. The van der Waals surface area contributed by atoms with Crippen molar-refractivity contribution in [2.75, 3.05) is 19.8 Å². The van der Waals surface area contributed by atoms with Crippen molar-refractivity contribution in [3.05, 3.63) is 0 Å². The quantitative estimate of drug-likeness (QED) is 0.685. The largest absolute Gasteiger partial charge is 0.393 e. The van der Waals surface area contributed by atoms with Gasteiger partial charge in [-0.05, 0) is 12.8 Å². The Morgan fingerprint density at radius 3 is 3.00 bits per heavy atom. The molecule has 0 aliphatic carbocycles. The van der Waals surface area contributed by atoms with Crippen molar-refractivity contribution in [2.24, 2.45) is 11.7 Å². The van der Waals surface area contributed by atoms with E-state index in [9.17, 15) is 0 Å². The van der Waals surface area contributed by atoms with Gasteiger partial charge in [-0.3, -0.25) is 0 Å². The summed E-state index contributed by atoms with van der Waals surface area (Å²) in [6.45, 7) is 4.58. The highest BCUT2D eigenvalue weighted by molar-refractivity contribution is 7.80. The fourth-order valence-corrected chi connectivity index (χ4v) is 1.72. The lowest BCUT2D eigenvalue weighted by molar-refractivity contribution is 0.0284. The van der Waals surface area contributed by atoms with E-state index >= 15 is 0 Å². The summed E-state index contributed by atoms with van der Waals surface area (Å²) in [5.74, 6) is 0.565. The topological polar surface area (TPSA) is 44.5 Å². The molecule has 4 heteroatoms. The molecule has 2 unspecified atom stereocenters. The summed E-state index contributed by atoms with van der Waals surface area (Å²) in [7, 11) is 0. The van der Waals surface area contributed by atoms with Crippen LogP contribution in [0.25, 0.3) is 0 Å². The molecule has 0 saturated carbocycles. The number of nitrogens with two attached hydrogens (primary N) is 1. The standard InChI is InChI=1S/C10H19NO2S/c1-2-9(5-10(11)14)13-7-8-3-4-12-6-8/h8-9H,2-7H2,1H3,(H2,11,14). The SMILES string of the molecule is CCC(CC(N)=S)OCC1CCOC1. The van der Waals surface area contributed by atoms with E-state index in [1.807, 2.05) is 0 Å². The molecular weight excluding hydrogens is 198 g/mol. The predicted molar refractivity (Wildman–Crippen MR) is 60.4 cm³/mol. The molecule has 0 aromatic rings. The summed E-state index contributed by atoms with van der Waals surface area (Å²) in [5, 5.41) is 0. The molecule has 2 atom stereocenters. The molecule has 0 spiro atoms. The number of rotatable bonds is 6. The highest BCUT2D eigenvalue weighted by Crippen LogP contribution is 2.14. The van der Waals surface area contributed by atoms with Crippen LogP contribution in [-0.2, 0) is 9.47 Å². The van der Waals surface area contributed by atoms with Gasteiger partial charge in [0.05, 0.1) is 24.3 Å². The smallest absolute Gasteiger partial charge is 0.0753 e. The fraction of sp³-hybridized carbons (Fsp3) is 0.900. The van der Waals surface area contributed by atoms with Crippen LogP contribution >= 0.6 is 12.2 Å². The number of hydrogen-bond acceptors (Lipinski definition) is 3. The molecule has 0 amide bonds. The number of hydrogen-bond donors (Lipinski definition) is 1. The lowest BCUT2D eigenvalue weighted by Gasteiger charge is -2.17. The molecule has 1 aliphatic rings. The molecule has 0 aromatic heterocycles. The third-order valence-electron chi connectivity index (χ3n) is 2.48. The first-order valence-electron chi connectivity index (χ1n) is 5.20. The van der Waals surface area contributed by atoms with Gasteiger partial charge in [0, 0.05) is 18.9 Å². The lowest BCUT2D eigenvalue weighted by Crippen LogP contribution is -2.23. The average molecular weight is 217 g/mol. The van der Waals surface area contributed by atoms with Crippen LogP contribution in [0.2, 0.25) is 0 Å². The molecular formula is C10H19NO2S. The van der Waals surface area contributed by atoms with E-state index in [-0.39, 0.29) is 6.10 Å². The normalized spacial score (nSPS) is 23.6. The maximum absolute atomic E-state index is 5.74. The Hall–Kier alpha value is -0.190. The van der Waals surface area contributed by atoms with E-state index in [1.54, 1.807) is 0 Å². The second-order valence-electron chi connectivity index (χ2n) is 3.76. The van der Waals surface area contributed by atoms with Gasteiger partial charge in [0.15, 0.2) is 0 Å². The Labute approximate surface area is 90.9 Å². The summed E-state index contributed by atoms with van der Waals surface area (Å²) in [4.78, 5) is 0.541. The van der Waals surface area contributed by atoms with E-state index in [4.69, 9.17) is 27.4 Å². The zero-order valence-electron chi connectivity index (χ0n) is 8.70. The fourth-order valence-electron chi connectivity index (χ4n) is 1.53. The van der Waals surface area contributed by atoms with Crippen molar-refractivity contribution in [3.8, 4) is 0 Å². The van der Waals surface area contributed by atoms with Crippen molar-refractivity contribution in [1.82, 2.24) is 0 Å². The molecule has 1 rings (SSSR count). The van der Waals surface area contributed by atoms with Gasteiger partial charge in [0.2, 0.25) is 0 Å². The lowest BCUT2D eigenvalue weighted by atomic mass is 10.1. The summed E-state index contributed by atoms with van der Waals surface area (Å²) < 4.78 is 11.0. The molecule has 82 valence electrons. The molecule has 0 radical (unpaired) electrons. The zero-order chi connectivity index (χ0) is 10.4. The van der Waals surface area contributed by atoms with Gasteiger partial charge >= 0.3 is 0 Å². The van der Waals surface area contributed by atoms with E-state index < -0.39 is 0 Å². The number of ether oxygens (including phenoxy) is 2. The minimum Gasteiger partial charge on any atom is -0.393 e. The summed E-state index contributed by atoms with van der Waals surface area (Å²) >= 11 is 4.86. The van der Waals surface area contributed by atoms with Crippen LogP contribution in [0.1, 0.15) is 26.2 Å². The third kappa shape index (κ3) is 4.35. The molecule has 14 heavy (non-hydrogen) atoms. The van der Waals surface area contributed by atoms with Gasteiger partial charge in [-0.15, -0.1) is 0 Å². The monoisotopic (exact) mass is 217 g/mol. The predicted octanol–water partition coefficient (Wildman–Crippen LogP) is 1.49. The first kappa shape index (κ1) is 11.9. The minimum atomic E-state index is 0.188. The Balaban J connectivity index is 2.15. The molecule has 1 aliphatic heterocycles. The summed E-state index contributed by atoms with van der Waals surface area (Å²) in [5.41, 5.74) is 5.48. The molecule has 1 fully saturated rings. The van der Waals surface area contributed by atoms with Gasteiger partial charge in [-0.2, -0.15) is 0 Å². The summed E-state index contributed by atoms with van der Waals surface area (Å²) in [6.07, 6.45) is 2.96. The minimum absolute atomic E-state index is 0.188. The van der Waals surface area contributed by atoms with Crippen LogP contribution in [0.5, 0.6) is 0 Å². The zero-order valence-corrected chi connectivity index (χ0v) is 9.52. The van der Waals surface area contributed by atoms with Crippen molar-refractivity contribution in [3.63, 3.8) is 0 Å². The Morgan fingerprint density at radius 2 is 2.50 bits per heavy atom. The first-order valence-corrected chi connectivity index (χ1v) is 5.60. The van der Waals surface area contributed by atoms with Crippen LogP contribution in [0.4, 0.5) is 0 Å². The maximum Gasteiger partial charge on any atom is 0.0753 e. The molecule has 0 aromatic carbocycles. The Kier molecular flexibility index (Phi) is 5.37. The Bertz CT molecular complexity index is 181. The molecule has 1 heterocycles. The average Bonchev–Trinajstić information content (AvgIpc) is 2.64. The first-order chi connectivity index (χ1) is 6.72. The van der Waals surface area contributed by atoms with E-state index in [0.717, 1.165) is 32.7 Å². The van der Waals surface area contributed by atoms with Crippen LogP contribution in [0, 0.1) is 5.92 Å². The van der Waals surface area contributed by atoms with Crippen molar-refractivity contribution >= 4 is 17.2 Å². The van der Waals surface area contributed by atoms with Crippen molar-refractivity contribution in [2.45, 2.75) is 32.3 Å². The number of thiocarbonyl (C=S) groups is 1. The van der Waals surface area contributed by atoms with Crippen molar-refractivity contribution < 1.29 is 9.47 Å². The molecule has 2 N–H and O–H groups in total. The van der Waals surface area contributed by atoms with E-state index in [2.05, 4.69) is 6.92 Å². The third-order valence-corrected chi connectivity index (χ3v) is 2.64. The van der Waals surface area contributed by atoms with Crippen LogP contribution in [-0.4, -0.2) is 30.9 Å². The van der Waals surface area contributed by atoms with Crippen LogP contribution < -0.4 is 5.73 Å². The Morgan fingerprint density at radius 1 is 1.71 bits per heavy atom. The molecule has 0 bridgehead atoms. The van der Waals surface area contributed by atoms with Gasteiger partial charge in [0.1, 0.15) is 0 Å². The van der Waals surface area contributed by atoms with Gasteiger partial charge < -0.3 is 15.2 Å². The van der Waals surface area contributed by atoms with Crippen molar-refractivity contribution in [1.29, 1.82) is 0 Å². The van der Waals surface area contributed by atoms with E-state index in [1.165, 1.54) is 0 Å². The van der Waals surface area contributed by atoms with Crippen LogP contribution in [0.15, 0.2) is 0 Å².